The Morgan fingerprint density at radius 2 is 1.96 bits per heavy atom. The summed E-state index contributed by atoms with van der Waals surface area (Å²) in [6, 6.07) is 13.3. The molecule has 0 atom stereocenters. The smallest absolute Gasteiger partial charge is 0.277 e. The second-order valence-electron chi connectivity index (χ2n) is 5.83. The zero-order valence-electron chi connectivity index (χ0n) is 14.1. The summed E-state index contributed by atoms with van der Waals surface area (Å²) in [5, 5.41) is 3.89. The number of anilines is 1. The molecule has 0 aromatic heterocycles. The summed E-state index contributed by atoms with van der Waals surface area (Å²) in [5.41, 5.74) is 0.405. The first-order valence-corrected chi connectivity index (χ1v) is 9.33. The standard InChI is InChI=1S/C19H19FN2O3S/c20-15-10-14(19(24)22-8-4-5-9-25-22)11-16(12-15)21-18(23)13-26-17-6-2-1-3-7-17/h1-3,6-7,10-12H,4-5,8-9,13H2,(H,21,23). The van der Waals surface area contributed by atoms with Crippen molar-refractivity contribution in [1.29, 1.82) is 0 Å². The fourth-order valence-corrected chi connectivity index (χ4v) is 3.27. The molecule has 0 unspecified atom stereocenters. The number of halogens is 1. The van der Waals surface area contributed by atoms with Crippen LogP contribution in [0.3, 0.4) is 0 Å². The Kier molecular flexibility index (Phi) is 6.25. The van der Waals surface area contributed by atoms with Gasteiger partial charge in [0.1, 0.15) is 5.82 Å². The van der Waals surface area contributed by atoms with E-state index in [1.165, 1.54) is 29.0 Å². The van der Waals surface area contributed by atoms with Gasteiger partial charge in [0.2, 0.25) is 5.91 Å². The fourth-order valence-electron chi connectivity index (χ4n) is 2.55. The highest BCUT2D eigenvalue weighted by Crippen LogP contribution is 2.20. The summed E-state index contributed by atoms with van der Waals surface area (Å²) in [6.45, 7) is 0.951. The van der Waals surface area contributed by atoms with E-state index in [4.69, 9.17) is 4.84 Å². The minimum atomic E-state index is -0.584. The highest BCUT2D eigenvalue weighted by atomic mass is 32.2. The molecule has 1 N–H and O–H groups in total. The topological polar surface area (TPSA) is 58.6 Å². The van der Waals surface area contributed by atoms with Gasteiger partial charge in [-0.3, -0.25) is 14.4 Å². The minimum Gasteiger partial charge on any atom is -0.325 e. The van der Waals surface area contributed by atoms with Gasteiger partial charge < -0.3 is 5.32 Å². The quantitative estimate of drug-likeness (QED) is 0.811. The van der Waals surface area contributed by atoms with Crippen molar-refractivity contribution in [3.63, 3.8) is 0 Å². The largest absolute Gasteiger partial charge is 0.325 e. The van der Waals surface area contributed by atoms with Gasteiger partial charge in [-0.25, -0.2) is 9.45 Å². The first kappa shape index (κ1) is 18.4. The first-order valence-electron chi connectivity index (χ1n) is 8.35. The van der Waals surface area contributed by atoms with Crippen LogP contribution < -0.4 is 5.32 Å². The minimum absolute atomic E-state index is 0.151. The number of carbonyl (C=O) groups is 2. The van der Waals surface area contributed by atoms with Crippen LogP contribution in [0.25, 0.3) is 0 Å². The van der Waals surface area contributed by atoms with Crippen molar-refractivity contribution in [1.82, 2.24) is 5.06 Å². The molecule has 136 valence electrons. The van der Waals surface area contributed by atoms with Gasteiger partial charge in [0, 0.05) is 22.7 Å². The highest BCUT2D eigenvalue weighted by Gasteiger charge is 2.20. The van der Waals surface area contributed by atoms with E-state index < -0.39 is 11.7 Å². The third kappa shape index (κ3) is 5.06. The van der Waals surface area contributed by atoms with E-state index in [1.807, 2.05) is 30.3 Å². The van der Waals surface area contributed by atoms with Crippen LogP contribution in [0.2, 0.25) is 0 Å². The van der Waals surface area contributed by atoms with E-state index in [9.17, 15) is 14.0 Å². The van der Waals surface area contributed by atoms with Crippen molar-refractivity contribution in [3.05, 3.63) is 59.9 Å². The SMILES string of the molecule is O=C(CSc1ccccc1)Nc1cc(F)cc(C(=O)N2CCCCO2)c1. The zero-order chi connectivity index (χ0) is 18.4. The molecule has 7 heteroatoms. The maximum absolute atomic E-state index is 13.9. The molecule has 2 aromatic carbocycles. The summed E-state index contributed by atoms with van der Waals surface area (Å²) < 4.78 is 13.9. The number of carbonyl (C=O) groups excluding carboxylic acids is 2. The molecule has 2 aromatic rings. The third-order valence-corrected chi connectivity index (χ3v) is 4.78. The molecule has 1 fully saturated rings. The normalized spacial score (nSPS) is 14.1. The Bertz CT molecular complexity index is 780. The molecule has 1 saturated heterocycles. The number of nitrogens with zero attached hydrogens (tertiary/aromatic N) is 1. The summed E-state index contributed by atoms with van der Waals surface area (Å²) in [6.07, 6.45) is 1.74. The van der Waals surface area contributed by atoms with E-state index in [2.05, 4.69) is 5.32 Å². The molecular weight excluding hydrogens is 355 g/mol. The van der Waals surface area contributed by atoms with Crippen LogP contribution in [-0.2, 0) is 9.63 Å². The number of hydroxylamine groups is 2. The van der Waals surface area contributed by atoms with Gasteiger partial charge in [-0.1, -0.05) is 18.2 Å². The number of benzene rings is 2. The number of rotatable bonds is 5. The second-order valence-corrected chi connectivity index (χ2v) is 6.87. The maximum atomic E-state index is 13.9. The van der Waals surface area contributed by atoms with Crippen LogP contribution >= 0.6 is 11.8 Å². The van der Waals surface area contributed by atoms with E-state index in [0.717, 1.165) is 23.8 Å². The predicted molar refractivity (Wildman–Crippen MR) is 98.4 cm³/mol. The predicted octanol–water partition coefficient (Wildman–Crippen LogP) is 3.72. The molecule has 0 saturated carbocycles. The lowest BCUT2D eigenvalue weighted by Crippen LogP contribution is -2.35. The van der Waals surface area contributed by atoms with Crippen LogP contribution in [0.5, 0.6) is 0 Å². The lowest BCUT2D eigenvalue weighted by atomic mass is 10.1. The molecule has 0 bridgehead atoms. The summed E-state index contributed by atoms with van der Waals surface area (Å²) in [5.74, 6) is -1.06. The van der Waals surface area contributed by atoms with Crippen LogP contribution in [0.1, 0.15) is 23.2 Å². The van der Waals surface area contributed by atoms with Crippen LogP contribution in [-0.4, -0.2) is 35.8 Å². The van der Waals surface area contributed by atoms with E-state index in [-0.39, 0.29) is 22.9 Å². The van der Waals surface area contributed by atoms with Gasteiger partial charge in [0.15, 0.2) is 0 Å². The Balaban J connectivity index is 1.63. The molecule has 0 spiro atoms. The van der Waals surface area contributed by atoms with Gasteiger partial charge in [0.25, 0.3) is 5.91 Å². The van der Waals surface area contributed by atoms with E-state index >= 15 is 0 Å². The zero-order valence-corrected chi connectivity index (χ0v) is 14.9. The fraction of sp³-hybridized carbons (Fsp3) is 0.263. The number of nitrogens with one attached hydrogen (secondary N) is 1. The Labute approximate surface area is 155 Å². The molecule has 26 heavy (non-hydrogen) atoms. The van der Waals surface area contributed by atoms with Crippen LogP contribution in [0.4, 0.5) is 10.1 Å². The molecule has 0 aliphatic carbocycles. The summed E-state index contributed by atoms with van der Waals surface area (Å²) in [4.78, 5) is 30.8. The van der Waals surface area contributed by atoms with Gasteiger partial charge >= 0.3 is 0 Å². The van der Waals surface area contributed by atoms with Crippen molar-refractivity contribution in [2.24, 2.45) is 0 Å². The molecule has 5 nitrogen and oxygen atoms in total. The van der Waals surface area contributed by atoms with Gasteiger partial charge in [-0.05, 0) is 43.2 Å². The third-order valence-electron chi connectivity index (χ3n) is 3.77. The molecular formula is C19H19FN2O3S. The highest BCUT2D eigenvalue weighted by molar-refractivity contribution is 8.00. The van der Waals surface area contributed by atoms with Crippen molar-refractivity contribution in [2.75, 3.05) is 24.2 Å². The van der Waals surface area contributed by atoms with E-state index in [1.54, 1.807) is 0 Å². The number of amides is 2. The van der Waals surface area contributed by atoms with Gasteiger partial charge in [-0.15, -0.1) is 11.8 Å². The number of thioether (sulfide) groups is 1. The Morgan fingerprint density at radius 1 is 1.15 bits per heavy atom. The summed E-state index contributed by atoms with van der Waals surface area (Å²) >= 11 is 1.38. The van der Waals surface area contributed by atoms with Crippen molar-refractivity contribution >= 4 is 29.3 Å². The average molecular weight is 374 g/mol. The molecule has 1 heterocycles. The molecule has 3 rings (SSSR count). The molecule has 1 aliphatic rings. The van der Waals surface area contributed by atoms with Crippen molar-refractivity contribution < 1.29 is 18.8 Å². The van der Waals surface area contributed by atoms with Gasteiger partial charge in [-0.2, -0.15) is 0 Å². The first-order chi connectivity index (χ1) is 12.6. The summed E-state index contributed by atoms with van der Waals surface area (Å²) in [7, 11) is 0. The molecule has 0 radical (unpaired) electrons. The lowest BCUT2D eigenvalue weighted by molar-refractivity contribution is -0.144. The Morgan fingerprint density at radius 3 is 2.69 bits per heavy atom. The van der Waals surface area contributed by atoms with E-state index in [0.29, 0.717) is 13.2 Å². The molecule has 1 aliphatic heterocycles. The lowest BCUT2D eigenvalue weighted by Gasteiger charge is -2.26. The van der Waals surface area contributed by atoms with Crippen LogP contribution in [0.15, 0.2) is 53.4 Å². The monoisotopic (exact) mass is 374 g/mol. The van der Waals surface area contributed by atoms with Crippen molar-refractivity contribution in [2.45, 2.75) is 17.7 Å². The van der Waals surface area contributed by atoms with Crippen LogP contribution in [0, 0.1) is 5.82 Å². The second kappa shape index (κ2) is 8.82. The average Bonchev–Trinajstić information content (AvgIpc) is 2.67. The Hall–Kier alpha value is -2.38. The maximum Gasteiger partial charge on any atom is 0.277 e. The van der Waals surface area contributed by atoms with Gasteiger partial charge in [0.05, 0.1) is 12.4 Å². The number of hydrogen-bond acceptors (Lipinski definition) is 4. The molecule has 2 amide bonds. The number of hydrogen-bond donors (Lipinski definition) is 1. The van der Waals surface area contributed by atoms with Crippen molar-refractivity contribution in [3.8, 4) is 0 Å².